The van der Waals surface area contributed by atoms with E-state index in [1.54, 1.807) is 0 Å². The lowest BCUT2D eigenvalue weighted by Gasteiger charge is -2.47. The van der Waals surface area contributed by atoms with Gasteiger partial charge in [0.15, 0.2) is 5.75 Å². The first kappa shape index (κ1) is 42.3. The fourth-order valence-corrected chi connectivity index (χ4v) is 6.90. The number of halogens is 3. The Morgan fingerprint density at radius 2 is 1.33 bits per heavy atom. The molecule has 7 nitrogen and oxygen atoms in total. The molecule has 0 radical (unpaired) electrons. The summed E-state index contributed by atoms with van der Waals surface area (Å²) in [5, 5.41) is 0.532. The van der Waals surface area contributed by atoms with Crippen LogP contribution in [0.25, 0.3) is 0 Å². The topological polar surface area (TPSA) is 64.6 Å². The molecule has 0 aromatic heterocycles. The quantitative estimate of drug-likeness (QED) is 0.0733. The highest BCUT2D eigenvalue weighted by Gasteiger charge is 2.49. The van der Waals surface area contributed by atoms with E-state index in [4.69, 9.17) is 56.4 Å². The van der Waals surface area contributed by atoms with Crippen LogP contribution in [0.4, 0.5) is 0 Å². The van der Waals surface area contributed by atoms with Crippen molar-refractivity contribution in [3.8, 4) is 11.5 Å². The Hall–Kier alpha value is -1.10. The van der Waals surface area contributed by atoms with E-state index in [9.17, 15) is 0 Å². The number of hydrogen-bond acceptors (Lipinski definition) is 7. The van der Waals surface area contributed by atoms with Crippen LogP contribution in [-0.4, -0.2) is 76.5 Å². The van der Waals surface area contributed by atoms with Gasteiger partial charge >= 0.3 is 0 Å². The van der Waals surface area contributed by atoms with Crippen LogP contribution in [0.1, 0.15) is 109 Å². The third kappa shape index (κ3) is 13.1. The molecule has 0 spiro atoms. The minimum atomic E-state index is -0.515. The van der Waals surface area contributed by atoms with Crippen LogP contribution >= 0.6 is 39.1 Å². The van der Waals surface area contributed by atoms with Crippen molar-refractivity contribution < 1.29 is 33.2 Å². The first-order chi connectivity index (χ1) is 23.9. The summed E-state index contributed by atoms with van der Waals surface area (Å²) in [5.41, 5.74) is 2.88. The Morgan fingerprint density at radius 3 is 1.92 bits per heavy atom. The summed E-state index contributed by atoms with van der Waals surface area (Å²) >= 11 is 17.1. The highest BCUT2D eigenvalue weighted by molar-refractivity contribution is 9.10. The third-order valence-electron chi connectivity index (χ3n) is 8.51. The zero-order chi connectivity index (χ0) is 35.4. The van der Waals surface area contributed by atoms with Gasteiger partial charge in [-0.2, -0.15) is 0 Å². The number of unbranched alkanes of at least 4 members (excludes halogenated alkanes) is 4. The Bertz CT molecular complexity index is 1180. The SMILES string of the molecule is CCCCOC[C@H]1O[C@@H](c2cc(Cc3ccc(OCC)cc3)c(Cl)c(OCCCl)c2Br)[C@H](OCCCC)[C@@H](OCCCC)[C@@H]1OCCCC. The van der Waals surface area contributed by atoms with E-state index >= 15 is 0 Å². The van der Waals surface area contributed by atoms with E-state index in [2.05, 4.69) is 61.8 Å². The molecule has 1 aliphatic rings. The van der Waals surface area contributed by atoms with Crippen LogP contribution in [0.3, 0.4) is 0 Å². The summed E-state index contributed by atoms with van der Waals surface area (Å²) in [6, 6.07) is 10.2. The van der Waals surface area contributed by atoms with E-state index in [1.807, 2.05) is 19.1 Å². The Morgan fingerprint density at radius 1 is 0.735 bits per heavy atom. The van der Waals surface area contributed by atoms with Gasteiger partial charge in [-0.3, -0.25) is 0 Å². The van der Waals surface area contributed by atoms with Crippen molar-refractivity contribution in [2.75, 3.05) is 52.1 Å². The second-order valence-corrected chi connectivity index (χ2v) is 14.0. The van der Waals surface area contributed by atoms with Gasteiger partial charge in [-0.05, 0) is 84.3 Å². The molecule has 2 aromatic rings. The average Bonchev–Trinajstić information content (AvgIpc) is 3.10. The summed E-state index contributed by atoms with van der Waals surface area (Å²) in [6.45, 7) is 14.4. The van der Waals surface area contributed by atoms with Gasteiger partial charge in [0, 0.05) is 32.0 Å². The number of ether oxygens (including phenoxy) is 7. The molecule has 1 fully saturated rings. The lowest BCUT2D eigenvalue weighted by molar-refractivity contribution is -0.268. The van der Waals surface area contributed by atoms with Crippen molar-refractivity contribution in [3.63, 3.8) is 0 Å². The van der Waals surface area contributed by atoms with E-state index in [0.717, 1.165) is 78.3 Å². The monoisotopic (exact) mass is 788 g/mol. The lowest BCUT2D eigenvalue weighted by Crippen LogP contribution is -2.58. The van der Waals surface area contributed by atoms with Gasteiger partial charge in [0.2, 0.25) is 0 Å². The number of hydrogen-bond donors (Lipinski definition) is 0. The highest BCUT2D eigenvalue weighted by Crippen LogP contribution is 2.47. The van der Waals surface area contributed by atoms with Gasteiger partial charge < -0.3 is 33.2 Å². The Balaban J connectivity index is 2.14. The molecule has 278 valence electrons. The standard InChI is InChI=1S/C39H59BrCl2O7/c1-6-11-20-43-27-32-36(45-21-12-7-2)39(47-23-14-9-4)38(46-22-13-8-3)35(49-32)31-26-29(34(42)37(33(31)40)48-24-19-41)25-28-15-17-30(18-16-28)44-10-5/h15-18,26,32,35-36,38-39H,6-14,19-25,27H2,1-5H3/t32-,35+,36-,38+,39+/m1/s1. The number of benzene rings is 2. The summed E-state index contributed by atoms with van der Waals surface area (Å²) < 4.78 is 46.0. The van der Waals surface area contributed by atoms with Crippen LogP contribution in [-0.2, 0) is 30.1 Å². The molecule has 2 aromatic carbocycles. The fourth-order valence-electron chi connectivity index (χ4n) is 5.79. The molecule has 0 amide bonds. The van der Waals surface area contributed by atoms with Crippen LogP contribution in [0.2, 0.25) is 5.02 Å². The summed E-state index contributed by atoms with van der Waals surface area (Å²) in [4.78, 5) is 0. The highest BCUT2D eigenvalue weighted by atomic mass is 79.9. The predicted octanol–water partition coefficient (Wildman–Crippen LogP) is 10.5. The van der Waals surface area contributed by atoms with Crippen LogP contribution < -0.4 is 9.47 Å². The Kier molecular flexibility index (Phi) is 20.9. The van der Waals surface area contributed by atoms with E-state index in [-0.39, 0.29) is 18.3 Å². The maximum absolute atomic E-state index is 7.11. The minimum Gasteiger partial charge on any atom is -0.494 e. The van der Waals surface area contributed by atoms with E-state index in [1.165, 1.54) is 0 Å². The van der Waals surface area contributed by atoms with Crippen LogP contribution in [0.15, 0.2) is 34.8 Å². The molecule has 1 saturated heterocycles. The number of rotatable bonds is 25. The largest absolute Gasteiger partial charge is 0.494 e. The van der Waals surface area contributed by atoms with Crippen molar-refractivity contribution in [2.24, 2.45) is 0 Å². The molecule has 0 saturated carbocycles. The van der Waals surface area contributed by atoms with Crippen LogP contribution in [0, 0.1) is 0 Å². The predicted molar refractivity (Wildman–Crippen MR) is 203 cm³/mol. The minimum absolute atomic E-state index is 0.303. The van der Waals surface area contributed by atoms with E-state index < -0.39 is 12.2 Å². The molecule has 0 N–H and O–H groups in total. The zero-order valence-electron chi connectivity index (χ0n) is 30.3. The summed E-state index contributed by atoms with van der Waals surface area (Å²) in [6.07, 6.45) is 6.44. The first-order valence-electron chi connectivity index (χ1n) is 18.4. The zero-order valence-corrected chi connectivity index (χ0v) is 33.4. The van der Waals surface area contributed by atoms with Crippen molar-refractivity contribution in [1.82, 2.24) is 0 Å². The second kappa shape index (κ2) is 24.2. The maximum atomic E-state index is 7.11. The molecule has 1 aliphatic heterocycles. The van der Waals surface area contributed by atoms with Crippen molar-refractivity contribution in [3.05, 3.63) is 56.5 Å². The third-order valence-corrected chi connectivity index (χ3v) is 9.89. The van der Waals surface area contributed by atoms with Gasteiger partial charge in [-0.15, -0.1) is 11.6 Å². The lowest BCUT2D eigenvalue weighted by atomic mass is 9.89. The van der Waals surface area contributed by atoms with Crippen molar-refractivity contribution >= 4 is 39.1 Å². The summed E-state index contributed by atoms with van der Waals surface area (Å²) in [5.74, 6) is 1.70. The average molecular weight is 791 g/mol. The van der Waals surface area contributed by atoms with Gasteiger partial charge in [-0.1, -0.05) is 77.1 Å². The summed E-state index contributed by atoms with van der Waals surface area (Å²) in [7, 11) is 0. The molecule has 1 heterocycles. The molecule has 5 atom stereocenters. The molecule has 3 rings (SSSR count). The molecular weight excluding hydrogens is 731 g/mol. The molecule has 0 bridgehead atoms. The second-order valence-electron chi connectivity index (χ2n) is 12.5. The Labute approximate surface area is 314 Å². The maximum Gasteiger partial charge on any atom is 0.152 e. The van der Waals surface area contributed by atoms with Crippen LogP contribution in [0.5, 0.6) is 11.5 Å². The van der Waals surface area contributed by atoms with E-state index in [0.29, 0.717) is 69.3 Å². The normalized spacial score (nSPS) is 20.9. The molecule has 49 heavy (non-hydrogen) atoms. The van der Waals surface area contributed by atoms with Crippen molar-refractivity contribution in [2.45, 2.75) is 123 Å². The molecule has 0 aliphatic carbocycles. The van der Waals surface area contributed by atoms with Crippen molar-refractivity contribution in [1.29, 1.82) is 0 Å². The fraction of sp³-hybridized carbons (Fsp3) is 0.692. The van der Waals surface area contributed by atoms with Gasteiger partial charge in [0.1, 0.15) is 42.9 Å². The van der Waals surface area contributed by atoms with Gasteiger partial charge in [0.25, 0.3) is 0 Å². The molecule has 10 heteroatoms. The number of alkyl halides is 1. The molecule has 0 unspecified atom stereocenters. The van der Waals surface area contributed by atoms with Gasteiger partial charge in [-0.25, -0.2) is 0 Å². The molecular formula is C39H59BrCl2O7. The smallest absolute Gasteiger partial charge is 0.152 e. The van der Waals surface area contributed by atoms with Gasteiger partial charge in [0.05, 0.1) is 28.6 Å². The first-order valence-corrected chi connectivity index (χ1v) is 20.1.